The van der Waals surface area contributed by atoms with Crippen LogP contribution in [0.2, 0.25) is 5.02 Å². The second-order valence-electron chi connectivity index (χ2n) is 9.31. The third-order valence-corrected chi connectivity index (χ3v) is 9.41. The Bertz CT molecular complexity index is 1440. The fraction of sp³-hybridized carbons (Fsp3) is 0.435. The molecule has 0 saturated carbocycles. The molecule has 1 saturated heterocycles. The maximum absolute atomic E-state index is 13.2. The van der Waals surface area contributed by atoms with Crippen molar-refractivity contribution in [2.45, 2.75) is 31.5 Å². The largest absolute Gasteiger partial charge is 0.349 e. The number of aromatic nitrogens is 2. The van der Waals surface area contributed by atoms with Gasteiger partial charge in [0.15, 0.2) is 5.01 Å². The van der Waals surface area contributed by atoms with Gasteiger partial charge in [0, 0.05) is 48.4 Å². The number of carbonyl (C=O) groups excluding carboxylic acids is 2. The van der Waals surface area contributed by atoms with Crippen molar-refractivity contribution in [2.24, 2.45) is 0 Å². The average Bonchev–Trinajstić information content (AvgIpc) is 3.40. The van der Waals surface area contributed by atoms with Crippen LogP contribution >= 0.6 is 22.9 Å². The van der Waals surface area contributed by atoms with E-state index in [0.29, 0.717) is 16.8 Å². The molecule has 3 N–H and O–H groups in total. The summed E-state index contributed by atoms with van der Waals surface area (Å²) in [4.78, 5) is 37.2. The lowest BCUT2D eigenvalue weighted by molar-refractivity contribution is 0.0847. The lowest BCUT2D eigenvalue weighted by Gasteiger charge is -2.37. The fourth-order valence-electron chi connectivity index (χ4n) is 4.70. The van der Waals surface area contributed by atoms with Gasteiger partial charge in [-0.1, -0.05) is 29.8 Å². The Hall–Kier alpha value is -2.51. The second kappa shape index (κ2) is 9.75. The van der Waals surface area contributed by atoms with Crippen molar-refractivity contribution in [3.8, 4) is 0 Å². The van der Waals surface area contributed by atoms with E-state index >= 15 is 0 Å². The number of aromatic amines is 1. The van der Waals surface area contributed by atoms with Crippen molar-refractivity contribution in [1.29, 1.82) is 0 Å². The predicted octanol–water partition coefficient (Wildman–Crippen LogP) is 1.83. The molecule has 13 heteroatoms. The summed E-state index contributed by atoms with van der Waals surface area (Å²) in [6, 6.07) is 6.15. The molecule has 2 aliphatic heterocycles. The van der Waals surface area contributed by atoms with Gasteiger partial charge in [-0.2, -0.15) is 4.31 Å². The number of nitrogens with one attached hydrogen (secondary N) is 3. The molecule has 0 aliphatic carbocycles. The highest BCUT2D eigenvalue weighted by atomic mass is 35.5. The number of nitrogens with zero attached hydrogens (tertiary/aromatic N) is 3. The van der Waals surface area contributed by atoms with Gasteiger partial charge >= 0.3 is 0 Å². The molecular formula is C23H27ClN6O4S2. The summed E-state index contributed by atoms with van der Waals surface area (Å²) < 4.78 is 25.8. The Balaban J connectivity index is 1.36. The van der Waals surface area contributed by atoms with Crippen LogP contribution in [0.3, 0.4) is 0 Å². The molecule has 10 nitrogen and oxygen atoms in total. The second-order valence-corrected chi connectivity index (χ2v) is 12.7. The monoisotopic (exact) mass is 550 g/mol. The van der Waals surface area contributed by atoms with E-state index in [9.17, 15) is 18.0 Å². The number of carbonyl (C=O) groups is 2. The Morgan fingerprint density at radius 1 is 1.17 bits per heavy atom. The predicted molar refractivity (Wildman–Crippen MR) is 139 cm³/mol. The maximum atomic E-state index is 13.2. The van der Waals surface area contributed by atoms with Crippen LogP contribution in [-0.2, 0) is 23.0 Å². The first-order valence-electron chi connectivity index (χ1n) is 11.6. The molecule has 1 aromatic carbocycles. The van der Waals surface area contributed by atoms with E-state index in [-0.39, 0.29) is 29.7 Å². The molecule has 2 amide bonds. The Morgan fingerprint density at radius 2 is 1.92 bits per heavy atom. The van der Waals surface area contributed by atoms with Crippen molar-refractivity contribution in [3.05, 3.63) is 50.6 Å². The number of sulfonamides is 1. The van der Waals surface area contributed by atoms with Crippen molar-refractivity contribution >= 4 is 55.7 Å². The zero-order valence-corrected chi connectivity index (χ0v) is 22.3. The van der Waals surface area contributed by atoms with Gasteiger partial charge in [0.1, 0.15) is 5.69 Å². The molecule has 0 bridgehead atoms. The first-order valence-corrected chi connectivity index (χ1v) is 14.6. The highest BCUT2D eigenvalue weighted by Gasteiger charge is 2.36. The molecular weight excluding hydrogens is 524 g/mol. The zero-order valence-electron chi connectivity index (χ0n) is 19.9. The number of rotatable bonds is 5. The number of halogens is 1. The summed E-state index contributed by atoms with van der Waals surface area (Å²) in [5.74, 6) is -0.790. The third-order valence-electron chi connectivity index (χ3n) is 6.66. The average molecular weight is 551 g/mol. The number of piperidine rings is 1. The van der Waals surface area contributed by atoms with E-state index < -0.39 is 28.0 Å². The molecule has 0 spiro atoms. The summed E-state index contributed by atoms with van der Waals surface area (Å²) in [6.07, 6.45) is 2.28. The minimum atomic E-state index is -3.48. The number of thiazole rings is 1. The molecule has 2 aliphatic rings. The standard InChI is InChI=1S/C23H27ClN6O4S2/c1-29-9-7-16-18(12-29)35-23(28-16)22(32)26-15-8-10-30(36(2,33)34)11-17(15)27-21(31)20-19(24)13-5-3-4-6-14(13)25-20/h3-6,15,17,25H,7-12H2,1-2H3,(H,26,32)(H,27,31)/t15-,17+/m0/s1. The van der Waals surface area contributed by atoms with E-state index in [1.165, 1.54) is 15.6 Å². The number of amides is 2. The minimum Gasteiger partial charge on any atom is -0.349 e. The fourth-order valence-corrected chi connectivity index (χ4v) is 6.96. The van der Waals surface area contributed by atoms with Crippen LogP contribution in [0.15, 0.2) is 24.3 Å². The minimum absolute atomic E-state index is 0.0343. The van der Waals surface area contributed by atoms with Crippen molar-refractivity contribution in [2.75, 3.05) is 32.9 Å². The van der Waals surface area contributed by atoms with E-state index in [2.05, 4.69) is 25.5 Å². The topological polar surface area (TPSA) is 128 Å². The molecule has 3 aromatic rings. The van der Waals surface area contributed by atoms with E-state index in [1.54, 1.807) is 0 Å². The number of likely N-dealkylation sites (N-methyl/N-ethyl adjacent to an activating group) is 1. The normalized spacial score (nSPS) is 21.3. The lowest BCUT2D eigenvalue weighted by atomic mass is 10.0. The quantitative estimate of drug-likeness (QED) is 0.445. The van der Waals surface area contributed by atoms with Crippen LogP contribution in [0.4, 0.5) is 0 Å². The van der Waals surface area contributed by atoms with Gasteiger partial charge in [0.25, 0.3) is 11.8 Å². The molecule has 36 heavy (non-hydrogen) atoms. The third kappa shape index (κ3) is 5.00. The van der Waals surface area contributed by atoms with Crippen LogP contribution in [0.25, 0.3) is 10.9 Å². The van der Waals surface area contributed by atoms with Crippen LogP contribution in [0, 0.1) is 0 Å². The number of benzene rings is 1. The molecule has 0 radical (unpaired) electrons. The Morgan fingerprint density at radius 3 is 2.67 bits per heavy atom. The van der Waals surface area contributed by atoms with E-state index in [0.717, 1.165) is 41.9 Å². The van der Waals surface area contributed by atoms with Gasteiger partial charge < -0.3 is 20.5 Å². The summed E-state index contributed by atoms with van der Waals surface area (Å²) >= 11 is 7.83. The number of para-hydroxylation sites is 1. The van der Waals surface area contributed by atoms with Crippen molar-refractivity contribution in [1.82, 2.24) is 29.8 Å². The summed E-state index contributed by atoms with van der Waals surface area (Å²) in [5, 5.41) is 7.28. The SMILES string of the molecule is CN1CCc2nc(C(=O)N[C@H]3CCN(S(C)(=O)=O)C[C@H]3NC(=O)c3[nH]c4ccccc4c3Cl)sc2C1. The van der Waals surface area contributed by atoms with Gasteiger partial charge in [-0.3, -0.25) is 9.59 Å². The molecule has 1 fully saturated rings. The summed E-state index contributed by atoms with van der Waals surface area (Å²) in [5.41, 5.74) is 1.86. The highest BCUT2D eigenvalue weighted by molar-refractivity contribution is 7.88. The smallest absolute Gasteiger partial charge is 0.280 e. The maximum Gasteiger partial charge on any atom is 0.280 e. The van der Waals surface area contributed by atoms with Gasteiger partial charge in [0.2, 0.25) is 10.0 Å². The number of hydrogen-bond donors (Lipinski definition) is 3. The van der Waals surface area contributed by atoms with Gasteiger partial charge in [-0.15, -0.1) is 11.3 Å². The molecule has 0 unspecified atom stereocenters. The van der Waals surface area contributed by atoms with Gasteiger partial charge in [-0.05, 0) is 19.5 Å². The Kier molecular flexibility index (Phi) is 6.81. The lowest BCUT2D eigenvalue weighted by Crippen LogP contribution is -2.61. The van der Waals surface area contributed by atoms with E-state index in [1.807, 2.05) is 31.3 Å². The summed E-state index contributed by atoms with van der Waals surface area (Å²) in [7, 11) is -1.45. The van der Waals surface area contributed by atoms with Gasteiger partial charge in [0.05, 0.1) is 29.1 Å². The summed E-state index contributed by atoms with van der Waals surface area (Å²) in [6.45, 7) is 1.93. The van der Waals surface area contributed by atoms with Crippen LogP contribution < -0.4 is 10.6 Å². The van der Waals surface area contributed by atoms with Crippen molar-refractivity contribution < 1.29 is 18.0 Å². The number of fused-ring (bicyclic) bond motifs is 2. The zero-order chi connectivity index (χ0) is 25.6. The van der Waals surface area contributed by atoms with Crippen LogP contribution in [0.5, 0.6) is 0 Å². The van der Waals surface area contributed by atoms with Gasteiger partial charge in [-0.25, -0.2) is 13.4 Å². The number of H-pyrrole nitrogens is 1. The molecule has 5 rings (SSSR count). The molecule has 2 aromatic heterocycles. The van der Waals surface area contributed by atoms with Crippen molar-refractivity contribution in [3.63, 3.8) is 0 Å². The highest BCUT2D eigenvalue weighted by Crippen LogP contribution is 2.28. The molecule has 2 atom stereocenters. The van der Waals surface area contributed by atoms with E-state index in [4.69, 9.17) is 11.6 Å². The van der Waals surface area contributed by atoms with Crippen LogP contribution in [-0.4, -0.2) is 84.4 Å². The Labute approximate surface area is 218 Å². The first-order chi connectivity index (χ1) is 17.1. The molecule has 4 heterocycles. The number of hydrogen-bond acceptors (Lipinski definition) is 7. The first kappa shape index (κ1) is 25.2. The molecule has 192 valence electrons. The van der Waals surface area contributed by atoms with Crippen LogP contribution in [0.1, 0.15) is 37.3 Å².